The third-order valence-corrected chi connectivity index (χ3v) is 15.7. The number of para-hydroxylation sites is 6. The number of nitrogens with zero attached hydrogens (tertiary/aromatic N) is 7. The van der Waals surface area contributed by atoms with Crippen LogP contribution in [-0.2, 0) is 0 Å². The van der Waals surface area contributed by atoms with E-state index in [0.717, 1.165) is 93.2 Å². The largest absolute Gasteiger partial charge is 0.306 e. The van der Waals surface area contributed by atoms with Gasteiger partial charge in [-0.25, -0.2) is 9.97 Å². The number of hydrogen-bond donors (Lipinski definition) is 0. The van der Waals surface area contributed by atoms with Gasteiger partial charge >= 0.3 is 0 Å². The van der Waals surface area contributed by atoms with Crippen molar-refractivity contribution in [3.8, 4) is 51.7 Å². The second-order valence-corrected chi connectivity index (χ2v) is 19.3. The van der Waals surface area contributed by atoms with E-state index in [0.29, 0.717) is 27.9 Å². The van der Waals surface area contributed by atoms with Crippen molar-refractivity contribution >= 4 is 108 Å². The van der Waals surface area contributed by atoms with E-state index in [1.807, 2.05) is 23.5 Å². The molecular weight excluding hydrogens is 899 g/mol. The van der Waals surface area contributed by atoms with Gasteiger partial charge in [-0.2, -0.15) is 10.5 Å². The summed E-state index contributed by atoms with van der Waals surface area (Å²) in [5.41, 5.74) is 15.0. The Labute approximate surface area is 415 Å². The number of aromatic nitrogens is 5. The summed E-state index contributed by atoms with van der Waals surface area (Å²) in [5, 5.41) is 29.0. The molecule has 0 spiro atoms. The minimum atomic E-state index is 0.398. The zero-order chi connectivity index (χ0) is 47.6. The molecular formula is C64H35N7S. The molecule has 0 aliphatic rings. The minimum absolute atomic E-state index is 0.398. The number of fused-ring (bicyclic) bond motifs is 13. The lowest BCUT2D eigenvalue weighted by molar-refractivity contribution is 1.06. The van der Waals surface area contributed by atoms with E-state index in [1.165, 1.54) is 26.2 Å². The Balaban J connectivity index is 1.20. The van der Waals surface area contributed by atoms with Crippen LogP contribution < -0.4 is 0 Å². The molecule has 0 bridgehead atoms. The average molecular weight is 934 g/mol. The van der Waals surface area contributed by atoms with Crippen molar-refractivity contribution in [2.24, 2.45) is 0 Å². The molecule has 0 N–H and O–H groups in total. The SMILES string of the molecule is N#Cc1ccc(-c2ccc3nc(-c4c(-n5c6ccccc6c6ccccc65)c(-n5c6ccccc6c6ccccc65)c(-n5c6ccccc6c6ccccc65)c5c4sc4ccccc45)ccc3n2)c(C#N)c1. The van der Waals surface area contributed by atoms with Crippen molar-refractivity contribution < 1.29 is 0 Å². The van der Waals surface area contributed by atoms with Crippen LogP contribution in [0.2, 0.25) is 0 Å². The van der Waals surface area contributed by atoms with Gasteiger partial charge in [-0.1, -0.05) is 133 Å². The Morgan fingerprint density at radius 1 is 0.375 bits per heavy atom. The summed E-state index contributed by atoms with van der Waals surface area (Å²) < 4.78 is 9.84. The molecule has 0 aliphatic heterocycles. The predicted octanol–water partition coefficient (Wildman–Crippen LogP) is 16.4. The highest BCUT2D eigenvalue weighted by Gasteiger charge is 2.33. The summed E-state index contributed by atoms with van der Waals surface area (Å²) in [6.07, 6.45) is 0. The van der Waals surface area contributed by atoms with E-state index in [-0.39, 0.29) is 0 Å². The molecule has 6 aromatic heterocycles. The third-order valence-electron chi connectivity index (χ3n) is 14.5. The maximum atomic E-state index is 10.1. The maximum absolute atomic E-state index is 10.1. The summed E-state index contributed by atoms with van der Waals surface area (Å²) in [6, 6.07) is 79.3. The second kappa shape index (κ2) is 15.3. The van der Waals surface area contributed by atoms with Gasteiger partial charge in [-0.3, -0.25) is 0 Å². The molecule has 0 aliphatic carbocycles. The Hall–Kier alpha value is -9.86. The molecule has 72 heavy (non-hydrogen) atoms. The highest BCUT2D eigenvalue weighted by atomic mass is 32.1. The fourth-order valence-corrected chi connectivity index (χ4v) is 12.8. The van der Waals surface area contributed by atoms with Gasteiger partial charge in [0.05, 0.1) is 95.8 Å². The van der Waals surface area contributed by atoms with E-state index in [1.54, 1.807) is 18.2 Å². The van der Waals surface area contributed by atoms with Gasteiger partial charge in [0.15, 0.2) is 0 Å². The summed E-state index contributed by atoms with van der Waals surface area (Å²) >= 11 is 1.81. The normalized spacial score (nSPS) is 11.9. The molecule has 0 unspecified atom stereocenters. The van der Waals surface area contributed by atoms with Crippen LogP contribution >= 0.6 is 11.3 Å². The Bertz CT molecular complexity index is 4760. The van der Waals surface area contributed by atoms with E-state index >= 15 is 0 Å². The van der Waals surface area contributed by atoms with Crippen LogP contribution in [0.15, 0.2) is 212 Å². The van der Waals surface area contributed by atoms with Crippen molar-refractivity contribution in [2.75, 3.05) is 0 Å². The standard InChI is InChI=1S/C64H35N7S/c65-36-38-29-30-40(39(35-38)37-66)48-31-32-50-49(67-48)33-34-51(68-50)60-62(70-54-24-10-3-17-43(54)44-18-4-11-25-55(44)70)63(71-56-26-12-5-19-45(56)46-20-6-13-27-57(46)71)61(59-47-21-7-14-28-58(47)72-64(59)60)69-52-22-8-1-15-41(52)42-16-2-9-23-53(42)69/h1-35H. The summed E-state index contributed by atoms with van der Waals surface area (Å²) in [4.78, 5) is 10.8. The zero-order valence-electron chi connectivity index (χ0n) is 38.2. The third kappa shape index (κ3) is 5.58. The highest BCUT2D eigenvalue weighted by molar-refractivity contribution is 7.26. The van der Waals surface area contributed by atoms with Crippen molar-refractivity contribution in [3.05, 3.63) is 223 Å². The van der Waals surface area contributed by atoms with Crippen LogP contribution in [0.1, 0.15) is 11.1 Å². The Kier molecular flexibility index (Phi) is 8.53. The first kappa shape index (κ1) is 40.1. The molecule has 0 saturated heterocycles. The molecule has 332 valence electrons. The quantitative estimate of drug-likeness (QED) is 0.172. The number of rotatable bonds is 5. The molecule has 0 radical (unpaired) electrons. The molecule has 0 saturated carbocycles. The summed E-state index contributed by atoms with van der Waals surface area (Å²) in [5.74, 6) is 0. The molecule has 15 aromatic rings. The van der Waals surface area contributed by atoms with Gasteiger partial charge in [0, 0.05) is 63.6 Å². The molecule has 6 heterocycles. The highest BCUT2D eigenvalue weighted by Crippen LogP contribution is 2.53. The van der Waals surface area contributed by atoms with E-state index in [9.17, 15) is 10.5 Å². The first-order chi connectivity index (χ1) is 35.7. The first-order valence-corrected chi connectivity index (χ1v) is 24.7. The number of thiophene rings is 1. The number of hydrogen-bond acceptors (Lipinski definition) is 5. The molecule has 9 aromatic carbocycles. The lowest BCUT2D eigenvalue weighted by Gasteiger charge is -2.26. The van der Waals surface area contributed by atoms with E-state index in [2.05, 4.69) is 208 Å². The van der Waals surface area contributed by atoms with Gasteiger partial charge in [-0.05, 0) is 78.9 Å². The Morgan fingerprint density at radius 3 is 1.28 bits per heavy atom. The van der Waals surface area contributed by atoms with E-state index in [4.69, 9.17) is 9.97 Å². The number of pyridine rings is 2. The van der Waals surface area contributed by atoms with Gasteiger partial charge < -0.3 is 13.7 Å². The van der Waals surface area contributed by atoms with Gasteiger partial charge in [-0.15, -0.1) is 11.3 Å². The van der Waals surface area contributed by atoms with Gasteiger partial charge in [0.1, 0.15) is 0 Å². The molecule has 0 atom stereocenters. The smallest absolute Gasteiger partial charge is 0.0999 e. The van der Waals surface area contributed by atoms with Crippen LogP contribution in [0.25, 0.3) is 136 Å². The van der Waals surface area contributed by atoms with E-state index < -0.39 is 0 Å². The minimum Gasteiger partial charge on any atom is -0.306 e. The second-order valence-electron chi connectivity index (χ2n) is 18.2. The fourth-order valence-electron chi connectivity index (χ4n) is 11.5. The fraction of sp³-hybridized carbons (Fsp3) is 0. The molecule has 0 fully saturated rings. The van der Waals surface area contributed by atoms with Crippen molar-refractivity contribution in [1.29, 1.82) is 10.5 Å². The first-order valence-electron chi connectivity index (χ1n) is 23.9. The monoisotopic (exact) mass is 933 g/mol. The molecule has 8 heteroatoms. The van der Waals surface area contributed by atoms with Crippen LogP contribution in [0.5, 0.6) is 0 Å². The van der Waals surface area contributed by atoms with Crippen LogP contribution in [0, 0.1) is 22.7 Å². The molecule has 15 rings (SSSR count). The number of nitriles is 2. The number of benzene rings is 9. The van der Waals surface area contributed by atoms with Crippen LogP contribution in [0.4, 0.5) is 0 Å². The lowest BCUT2D eigenvalue weighted by atomic mass is 9.98. The topological polar surface area (TPSA) is 88.2 Å². The van der Waals surface area contributed by atoms with Gasteiger partial charge in [0.25, 0.3) is 0 Å². The van der Waals surface area contributed by atoms with Crippen LogP contribution in [-0.4, -0.2) is 23.7 Å². The maximum Gasteiger partial charge on any atom is 0.0999 e. The molecule has 0 amide bonds. The van der Waals surface area contributed by atoms with Gasteiger partial charge in [0.2, 0.25) is 0 Å². The summed E-state index contributed by atoms with van der Waals surface area (Å²) in [7, 11) is 0. The predicted molar refractivity (Wildman–Crippen MR) is 296 cm³/mol. The van der Waals surface area contributed by atoms with Crippen LogP contribution in [0.3, 0.4) is 0 Å². The lowest BCUT2D eigenvalue weighted by Crippen LogP contribution is -2.12. The Morgan fingerprint density at radius 2 is 0.792 bits per heavy atom. The zero-order valence-corrected chi connectivity index (χ0v) is 39.1. The van der Waals surface area contributed by atoms with Crippen molar-refractivity contribution in [2.45, 2.75) is 0 Å². The molecule has 7 nitrogen and oxygen atoms in total. The van der Waals surface area contributed by atoms with Crippen molar-refractivity contribution in [1.82, 2.24) is 23.7 Å². The average Bonchev–Trinajstić information content (AvgIpc) is 4.19. The van der Waals surface area contributed by atoms with Crippen molar-refractivity contribution in [3.63, 3.8) is 0 Å². The summed E-state index contributed by atoms with van der Waals surface area (Å²) in [6.45, 7) is 0.